The van der Waals surface area contributed by atoms with Gasteiger partial charge in [-0.1, -0.05) is 12.1 Å². The molecule has 3 heteroatoms. The summed E-state index contributed by atoms with van der Waals surface area (Å²) in [5.41, 5.74) is 2.49. The molecule has 2 aromatic carbocycles. The first-order chi connectivity index (χ1) is 8.33. The van der Waals surface area contributed by atoms with Crippen molar-refractivity contribution in [2.24, 2.45) is 0 Å². The number of nitrogens with one attached hydrogen (secondary N) is 1. The highest BCUT2D eigenvalue weighted by molar-refractivity contribution is 7.98. The highest BCUT2D eigenvalue weighted by Crippen LogP contribution is 2.22. The molecule has 0 aliphatic rings. The summed E-state index contributed by atoms with van der Waals surface area (Å²) < 4.78 is 0. The molecule has 0 aromatic heterocycles. The fraction of sp³-hybridized carbons (Fsp3) is 0.0714. The van der Waals surface area contributed by atoms with E-state index >= 15 is 0 Å². The summed E-state index contributed by atoms with van der Waals surface area (Å²) in [5, 5.41) is 12.2. The molecule has 0 aliphatic carbocycles. The third-order valence-corrected chi connectivity index (χ3v) is 3.16. The highest BCUT2D eigenvalue weighted by atomic mass is 32.2. The maximum absolute atomic E-state index is 8.99. The van der Waals surface area contributed by atoms with Gasteiger partial charge >= 0.3 is 0 Å². The van der Waals surface area contributed by atoms with E-state index in [9.17, 15) is 0 Å². The second-order valence-electron chi connectivity index (χ2n) is 3.51. The average Bonchev–Trinajstić information content (AvgIpc) is 2.40. The molecule has 0 radical (unpaired) electrons. The Labute approximate surface area is 105 Å². The molecule has 2 aromatic rings. The maximum atomic E-state index is 8.99. The zero-order chi connectivity index (χ0) is 12.1. The smallest absolute Gasteiger partial charge is 0.101 e. The number of rotatable bonds is 3. The van der Waals surface area contributed by atoms with E-state index in [1.165, 1.54) is 4.90 Å². The lowest BCUT2D eigenvalue weighted by Crippen LogP contribution is -1.92. The van der Waals surface area contributed by atoms with Crippen molar-refractivity contribution in [2.75, 3.05) is 11.6 Å². The van der Waals surface area contributed by atoms with Crippen molar-refractivity contribution in [3.63, 3.8) is 0 Å². The lowest BCUT2D eigenvalue weighted by atomic mass is 10.2. The average molecular weight is 240 g/mol. The first kappa shape index (κ1) is 11.6. The number of nitrogens with zero attached hydrogens (tertiary/aromatic N) is 1. The van der Waals surface area contributed by atoms with Crippen molar-refractivity contribution in [3.8, 4) is 6.07 Å². The van der Waals surface area contributed by atoms with E-state index < -0.39 is 0 Å². The lowest BCUT2D eigenvalue weighted by molar-refractivity contribution is 1.43. The largest absolute Gasteiger partial charge is 0.354 e. The van der Waals surface area contributed by atoms with Crippen LogP contribution in [0.3, 0.4) is 0 Å². The topological polar surface area (TPSA) is 35.8 Å². The van der Waals surface area contributed by atoms with Crippen LogP contribution in [0.25, 0.3) is 0 Å². The molecule has 84 valence electrons. The Balaban J connectivity index is 2.23. The molecular formula is C14H12N2S. The molecule has 0 saturated heterocycles. The molecule has 0 spiro atoms. The summed E-state index contributed by atoms with van der Waals surface area (Å²) in [4.78, 5) is 1.23. The van der Waals surface area contributed by atoms with E-state index in [-0.39, 0.29) is 0 Å². The summed E-state index contributed by atoms with van der Waals surface area (Å²) in [7, 11) is 0. The zero-order valence-corrected chi connectivity index (χ0v) is 10.3. The van der Waals surface area contributed by atoms with Gasteiger partial charge < -0.3 is 5.32 Å². The van der Waals surface area contributed by atoms with Gasteiger partial charge in [0.2, 0.25) is 0 Å². The summed E-state index contributed by atoms with van der Waals surface area (Å²) in [6, 6.07) is 17.8. The summed E-state index contributed by atoms with van der Waals surface area (Å²) in [5.74, 6) is 0. The standard InChI is InChI=1S/C14H12N2S/c1-17-13-8-6-12(7-9-13)16-14-5-3-2-4-11(14)10-15/h2-9,16H,1H3. The SMILES string of the molecule is CSc1ccc(Nc2ccccc2C#N)cc1. The van der Waals surface area contributed by atoms with E-state index in [4.69, 9.17) is 5.26 Å². The van der Waals surface area contributed by atoms with E-state index in [1.54, 1.807) is 17.8 Å². The van der Waals surface area contributed by atoms with Gasteiger partial charge in [0.05, 0.1) is 11.3 Å². The van der Waals surface area contributed by atoms with Crippen LogP contribution in [-0.2, 0) is 0 Å². The second-order valence-corrected chi connectivity index (χ2v) is 4.39. The van der Waals surface area contributed by atoms with Crippen molar-refractivity contribution >= 4 is 23.1 Å². The highest BCUT2D eigenvalue weighted by Gasteiger charge is 2.00. The lowest BCUT2D eigenvalue weighted by Gasteiger charge is -2.08. The van der Waals surface area contributed by atoms with Gasteiger partial charge in [0.25, 0.3) is 0 Å². The Hall–Kier alpha value is -1.92. The molecule has 0 aliphatic heterocycles. The van der Waals surface area contributed by atoms with Crippen LogP contribution in [0.1, 0.15) is 5.56 Å². The number of thioether (sulfide) groups is 1. The number of anilines is 2. The molecule has 0 bridgehead atoms. The van der Waals surface area contributed by atoms with Crippen molar-refractivity contribution in [1.82, 2.24) is 0 Å². The number of para-hydroxylation sites is 1. The monoisotopic (exact) mass is 240 g/mol. The minimum Gasteiger partial charge on any atom is -0.354 e. The fourth-order valence-electron chi connectivity index (χ4n) is 1.52. The van der Waals surface area contributed by atoms with Crippen LogP contribution in [0.15, 0.2) is 53.4 Å². The van der Waals surface area contributed by atoms with E-state index in [0.29, 0.717) is 5.56 Å². The predicted octanol–water partition coefficient (Wildman–Crippen LogP) is 4.02. The van der Waals surface area contributed by atoms with Gasteiger partial charge in [-0.25, -0.2) is 0 Å². The third kappa shape index (κ3) is 2.80. The van der Waals surface area contributed by atoms with Crippen LogP contribution in [0.4, 0.5) is 11.4 Å². The minimum absolute atomic E-state index is 0.654. The van der Waals surface area contributed by atoms with Crippen LogP contribution >= 0.6 is 11.8 Å². The molecule has 0 unspecified atom stereocenters. The van der Waals surface area contributed by atoms with E-state index in [0.717, 1.165) is 11.4 Å². The van der Waals surface area contributed by atoms with Gasteiger partial charge in [-0.15, -0.1) is 11.8 Å². The van der Waals surface area contributed by atoms with Crippen LogP contribution in [0.2, 0.25) is 0 Å². The molecule has 0 saturated carbocycles. The predicted molar refractivity (Wildman–Crippen MR) is 72.7 cm³/mol. The van der Waals surface area contributed by atoms with Gasteiger partial charge in [0, 0.05) is 10.6 Å². The molecule has 2 rings (SSSR count). The van der Waals surface area contributed by atoms with Crippen LogP contribution < -0.4 is 5.32 Å². The molecular weight excluding hydrogens is 228 g/mol. The number of hydrogen-bond donors (Lipinski definition) is 1. The van der Waals surface area contributed by atoms with Crippen molar-refractivity contribution in [2.45, 2.75) is 4.90 Å². The summed E-state index contributed by atoms with van der Waals surface area (Å²) in [6.45, 7) is 0. The third-order valence-electron chi connectivity index (χ3n) is 2.42. The number of benzene rings is 2. The van der Waals surface area contributed by atoms with Crippen molar-refractivity contribution < 1.29 is 0 Å². The molecule has 1 N–H and O–H groups in total. The normalized spacial score (nSPS) is 9.65. The Morgan fingerprint density at radius 2 is 1.76 bits per heavy atom. The van der Waals surface area contributed by atoms with Crippen molar-refractivity contribution in [1.29, 1.82) is 5.26 Å². The summed E-state index contributed by atoms with van der Waals surface area (Å²) >= 11 is 1.71. The number of hydrogen-bond acceptors (Lipinski definition) is 3. The Bertz CT molecular complexity index is 541. The first-order valence-electron chi connectivity index (χ1n) is 5.23. The Morgan fingerprint density at radius 1 is 1.06 bits per heavy atom. The van der Waals surface area contributed by atoms with Gasteiger partial charge in [0.1, 0.15) is 6.07 Å². The molecule has 0 atom stereocenters. The second kappa shape index (κ2) is 5.42. The zero-order valence-electron chi connectivity index (χ0n) is 9.47. The van der Waals surface area contributed by atoms with E-state index in [1.807, 2.05) is 36.6 Å². The molecule has 2 nitrogen and oxygen atoms in total. The number of nitriles is 1. The Kier molecular flexibility index (Phi) is 3.69. The van der Waals surface area contributed by atoms with Gasteiger partial charge in [-0.05, 0) is 42.7 Å². The molecule has 0 amide bonds. The quantitative estimate of drug-likeness (QED) is 0.823. The Morgan fingerprint density at radius 3 is 2.41 bits per heavy atom. The van der Waals surface area contributed by atoms with Crippen LogP contribution in [0.5, 0.6) is 0 Å². The molecule has 17 heavy (non-hydrogen) atoms. The molecule has 0 heterocycles. The van der Waals surface area contributed by atoms with Crippen LogP contribution in [0, 0.1) is 11.3 Å². The van der Waals surface area contributed by atoms with E-state index in [2.05, 4.69) is 23.5 Å². The van der Waals surface area contributed by atoms with Gasteiger partial charge in [0.15, 0.2) is 0 Å². The fourth-order valence-corrected chi connectivity index (χ4v) is 1.93. The van der Waals surface area contributed by atoms with Crippen LogP contribution in [-0.4, -0.2) is 6.26 Å². The van der Waals surface area contributed by atoms with Gasteiger partial charge in [-0.2, -0.15) is 5.26 Å². The van der Waals surface area contributed by atoms with Crippen molar-refractivity contribution in [3.05, 3.63) is 54.1 Å². The maximum Gasteiger partial charge on any atom is 0.101 e. The summed E-state index contributed by atoms with van der Waals surface area (Å²) in [6.07, 6.45) is 2.05. The minimum atomic E-state index is 0.654. The molecule has 0 fully saturated rings. The first-order valence-corrected chi connectivity index (χ1v) is 6.46. The van der Waals surface area contributed by atoms with Gasteiger partial charge in [-0.3, -0.25) is 0 Å².